The second kappa shape index (κ2) is 17.0. The van der Waals surface area contributed by atoms with Crippen molar-refractivity contribution < 1.29 is 36.3 Å². The molecule has 0 saturated heterocycles. The fourth-order valence-electron chi connectivity index (χ4n) is 4.94. The smallest absolute Gasteiger partial charge is 0.336 e. The molecule has 0 unspecified atom stereocenters. The molecule has 3 N–H and O–H groups in total. The van der Waals surface area contributed by atoms with Gasteiger partial charge in [0.25, 0.3) is 21.5 Å². The van der Waals surface area contributed by atoms with Gasteiger partial charge in [0.2, 0.25) is 5.91 Å². The number of ether oxygens (including phenoxy) is 1. The number of rotatable bonds is 14. The number of aryl methyl sites for hydroxylation is 1. The lowest BCUT2D eigenvalue weighted by atomic mass is 9.95. The summed E-state index contributed by atoms with van der Waals surface area (Å²) in [6.07, 6.45) is 3.25. The third-order valence-electron chi connectivity index (χ3n) is 8.27. The Morgan fingerprint density at radius 1 is 0.963 bits per heavy atom. The van der Waals surface area contributed by atoms with Crippen molar-refractivity contribution in [3.8, 4) is 5.82 Å². The van der Waals surface area contributed by atoms with Gasteiger partial charge in [-0.15, -0.1) is 0 Å². The molecular weight excluding hydrogens is 727 g/mol. The van der Waals surface area contributed by atoms with Gasteiger partial charge in [0.1, 0.15) is 23.5 Å². The molecule has 288 valence electrons. The van der Waals surface area contributed by atoms with Crippen LogP contribution in [0.2, 0.25) is 0 Å². The van der Waals surface area contributed by atoms with Gasteiger partial charge in [-0.3, -0.25) is 19.1 Å². The highest BCUT2D eigenvalue weighted by molar-refractivity contribution is 7.92. The van der Waals surface area contributed by atoms with Crippen molar-refractivity contribution in [2.75, 3.05) is 16.6 Å². The fraction of sp³-hybridized carbons (Fsp3) is 0.351. The first-order chi connectivity index (χ1) is 25.3. The highest BCUT2D eigenvalue weighted by atomic mass is 32.2. The number of halogens is 2. The number of carbonyl (C=O) groups is 3. The summed E-state index contributed by atoms with van der Waals surface area (Å²) < 4.78 is 66.0. The van der Waals surface area contributed by atoms with Crippen LogP contribution in [-0.4, -0.2) is 53.0 Å². The van der Waals surface area contributed by atoms with Crippen molar-refractivity contribution in [3.63, 3.8) is 0 Å². The van der Waals surface area contributed by atoms with E-state index in [4.69, 9.17) is 4.74 Å². The van der Waals surface area contributed by atoms with Crippen LogP contribution in [-0.2, 0) is 37.8 Å². The molecule has 2 heterocycles. The minimum absolute atomic E-state index is 0.0157. The van der Waals surface area contributed by atoms with E-state index in [2.05, 4.69) is 15.6 Å². The molecule has 0 aliphatic heterocycles. The van der Waals surface area contributed by atoms with Gasteiger partial charge in [0.05, 0.1) is 22.8 Å². The van der Waals surface area contributed by atoms with E-state index in [-0.39, 0.29) is 29.6 Å². The minimum Gasteiger partial charge on any atom is -0.464 e. The van der Waals surface area contributed by atoms with Crippen molar-refractivity contribution >= 4 is 39.2 Å². The topological polar surface area (TPSA) is 188 Å². The van der Waals surface area contributed by atoms with Gasteiger partial charge >= 0.3 is 11.7 Å². The summed E-state index contributed by atoms with van der Waals surface area (Å²) in [6.45, 7) is 8.73. The van der Waals surface area contributed by atoms with E-state index < -0.39 is 67.5 Å². The molecule has 4 aromatic rings. The predicted molar refractivity (Wildman–Crippen MR) is 197 cm³/mol. The summed E-state index contributed by atoms with van der Waals surface area (Å²) >= 11 is 0. The quantitative estimate of drug-likeness (QED) is 0.124. The Morgan fingerprint density at radius 2 is 1.65 bits per heavy atom. The van der Waals surface area contributed by atoms with Crippen molar-refractivity contribution in [2.24, 2.45) is 12.5 Å². The number of pyridine rings is 1. The number of anilines is 2. The van der Waals surface area contributed by atoms with Gasteiger partial charge in [-0.25, -0.2) is 36.3 Å². The van der Waals surface area contributed by atoms with E-state index in [1.807, 2.05) is 11.6 Å². The highest BCUT2D eigenvalue weighted by Gasteiger charge is 2.27. The number of esters is 1. The van der Waals surface area contributed by atoms with Crippen LogP contribution in [0.15, 0.2) is 75.3 Å². The van der Waals surface area contributed by atoms with Gasteiger partial charge in [-0.2, -0.15) is 0 Å². The lowest BCUT2D eigenvalue weighted by Crippen LogP contribution is -2.44. The maximum absolute atomic E-state index is 15.3. The minimum atomic E-state index is -4.44. The van der Waals surface area contributed by atoms with Crippen molar-refractivity contribution in [2.45, 2.75) is 71.2 Å². The summed E-state index contributed by atoms with van der Waals surface area (Å²) in [4.78, 5) is 67.8. The Hall–Kier alpha value is -5.71. The summed E-state index contributed by atoms with van der Waals surface area (Å²) in [6, 6.07) is 8.75. The molecule has 0 saturated carbocycles. The largest absolute Gasteiger partial charge is 0.464 e. The second-order valence-corrected chi connectivity index (χ2v) is 15.3. The average Bonchev–Trinajstić information content (AvgIpc) is 3.10. The molecule has 17 heteroatoms. The number of aromatic nitrogens is 3. The molecule has 54 heavy (non-hydrogen) atoms. The monoisotopic (exact) mass is 768 g/mol. The number of sulfonamides is 1. The van der Waals surface area contributed by atoms with Gasteiger partial charge in [-0.1, -0.05) is 46.6 Å². The summed E-state index contributed by atoms with van der Waals surface area (Å²) in [5.41, 5.74) is -2.37. The first-order valence-electron chi connectivity index (χ1n) is 17.0. The van der Waals surface area contributed by atoms with Crippen LogP contribution >= 0.6 is 0 Å². The fourth-order valence-corrected chi connectivity index (χ4v) is 6.00. The van der Waals surface area contributed by atoms with E-state index in [0.29, 0.717) is 35.5 Å². The normalized spacial score (nSPS) is 12.1. The number of hydrogen-bond donors (Lipinski definition) is 3. The summed E-state index contributed by atoms with van der Waals surface area (Å²) in [5, 5.41) is 5.02. The SMILES string of the molecule is CCCCCOC(=O)[C@H](Cc1ccc(-n2c(=O)cc(C)n(C)c2=O)nc1)NC(=O)c1cc(F)c(NS(=O)(=O)c2ccc(NC(=O)C(C)(C)C)cc2)cc1F. The van der Waals surface area contributed by atoms with Crippen LogP contribution < -0.4 is 26.6 Å². The molecule has 0 radical (unpaired) electrons. The van der Waals surface area contributed by atoms with E-state index >= 15 is 8.78 Å². The number of nitrogens with one attached hydrogen (secondary N) is 3. The molecule has 0 fully saturated rings. The zero-order valence-corrected chi connectivity index (χ0v) is 31.5. The lowest BCUT2D eigenvalue weighted by Gasteiger charge is -2.19. The molecule has 2 aromatic heterocycles. The molecule has 0 spiro atoms. The maximum atomic E-state index is 15.3. The molecule has 4 rings (SSSR count). The Labute approximate surface area is 310 Å². The first kappa shape index (κ1) is 41.1. The van der Waals surface area contributed by atoms with Crippen LogP contribution in [0.25, 0.3) is 5.82 Å². The number of amides is 2. The van der Waals surface area contributed by atoms with Crippen molar-refractivity contribution in [3.05, 3.63) is 110 Å². The molecule has 14 nitrogen and oxygen atoms in total. The zero-order valence-electron chi connectivity index (χ0n) is 30.7. The van der Waals surface area contributed by atoms with Crippen molar-refractivity contribution in [1.29, 1.82) is 0 Å². The van der Waals surface area contributed by atoms with Gasteiger partial charge in [0.15, 0.2) is 0 Å². The number of hydrogen-bond acceptors (Lipinski definition) is 9. The van der Waals surface area contributed by atoms with Crippen LogP contribution in [0.1, 0.15) is 68.6 Å². The third-order valence-corrected chi connectivity index (χ3v) is 9.65. The third kappa shape index (κ3) is 10.0. The molecule has 0 aliphatic carbocycles. The first-order valence-corrected chi connectivity index (χ1v) is 18.5. The van der Waals surface area contributed by atoms with Crippen LogP contribution in [0.4, 0.5) is 20.2 Å². The Bertz CT molecular complexity index is 2270. The maximum Gasteiger partial charge on any atom is 0.336 e. The van der Waals surface area contributed by atoms with Gasteiger partial charge < -0.3 is 19.9 Å². The summed E-state index contributed by atoms with van der Waals surface area (Å²) in [5.74, 6) is -4.91. The van der Waals surface area contributed by atoms with Gasteiger partial charge in [0, 0.05) is 48.6 Å². The Morgan fingerprint density at radius 3 is 2.26 bits per heavy atom. The highest BCUT2D eigenvalue weighted by Crippen LogP contribution is 2.25. The lowest BCUT2D eigenvalue weighted by molar-refractivity contribution is -0.146. The second-order valence-electron chi connectivity index (χ2n) is 13.6. The number of carbonyl (C=O) groups excluding carboxylic acids is 3. The molecule has 0 aliphatic rings. The van der Waals surface area contributed by atoms with E-state index in [0.717, 1.165) is 17.4 Å². The summed E-state index contributed by atoms with van der Waals surface area (Å²) in [7, 11) is -2.94. The number of nitrogens with zero attached hydrogens (tertiary/aromatic N) is 3. The number of unbranched alkanes of at least 4 members (excludes halogenated alkanes) is 2. The van der Waals surface area contributed by atoms with E-state index in [1.165, 1.54) is 60.3 Å². The molecule has 2 aromatic carbocycles. The molecule has 0 bridgehead atoms. The average molecular weight is 769 g/mol. The van der Waals surface area contributed by atoms with Crippen LogP contribution in [0.3, 0.4) is 0 Å². The van der Waals surface area contributed by atoms with Gasteiger partial charge in [-0.05, 0) is 55.3 Å². The van der Waals surface area contributed by atoms with E-state index in [1.54, 1.807) is 27.7 Å². The zero-order chi connectivity index (χ0) is 40.0. The van der Waals surface area contributed by atoms with Crippen LogP contribution in [0, 0.1) is 24.0 Å². The predicted octanol–water partition coefficient (Wildman–Crippen LogP) is 4.38. The number of benzene rings is 2. The standard InChI is InChI=1S/C37H42F2N6O8S/c1-7-8-9-16-53-34(48)30(18-23-10-15-31(40-21-23)45-32(46)17-22(2)44(6)36(45)50)42-33(47)26-19-28(39)29(20-27(26)38)43-54(51,52)25-13-11-24(12-14-25)41-35(49)37(3,4)5/h10-15,17,19-21,30,43H,7-9,16,18H2,1-6H3,(H,41,49)(H,42,47)/t30-/m0/s1. The molecule has 1 atom stereocenters. The Balaban J connectivity index is 1.53. The van der Waals surface area contributed by atoms with Crippen LogP contribution in [0.5, 0.6) is 0 Å². The Kier molecular flexibility index (Phi) is 12.9. The van der Waals surface area contributed by atoms with Crippen molar-refractivity contribution in [1.82, 2.24) is 19.4 Å². The molecular formula is C37H42F2N6O8S. The van der Waals surface area contributed by atoms with E-state index in [9.17, 15) is 32.4 Å². The molecule has 2 amide bonds.